The summed E-state index contributed by atoms with van der Waals surface area (Å²) in [5.41, 5.74) is 1.12. The summed E-state index contributed by atoms with van der Waals surface area (Å²) in [6.45, 7) is 4.42. The van der Waals surface area contributed by atoms with E-state index in [9.17, 15) is 14.7 Å². The first-order chi connectivity index (χ1) is 10.5. The third kappa shape index (κ3) is 3.10. The molecule has 1 aliphatic rings. The molecule has 2 atom stereocenters. The molecular formula is C16H20ClNO4. The highest BCUT2D eigenvalue weighted by atomic mass is 35.5. The zero-order valence-corrected chi connectivity index (χ0v) is 13.5. The lowest BCUT2D eigenvalue weighted by Crippen LogP contribution is -2.44. The van der Waals surface area contributed by atoms with Gasteiger partial charge in [-0.05, 0) is 25.5 Å². The highest BCUT2D eigenvalue weighted by molar-refractivity contribution is 6.32. The summed E-state index contributed by atoms with van der Waals surface area (Å²) >= 11 is 6.20. The number of aliphatic hydroxyl groups is 1. The topological polar surface area (TPSA) is 66.8 Å². The highest BCUT2D eigenvalue weighted by Gasteiger charge is 2.41. The van der Waals surface area contributed by atoms with Crippen molar-refractivity contribution >= 4 is 29.2 Å². The molecule has 1 aromatic rings. The number of hydrogen-bond acceptors (Lipinski definition) is 4. The van der Waals surface area contributed by atoms with Crippen molar-refractivity contribution in [2.24, 2.45) is 5.92 Å². The molecule has 0 radical (unpaired) electrons. The van der Waals surface area contributed by atoms with E-state index >= 15 is 0 Å². The van der Waals surface area contributed by atoms with Crippen LogP contribution in [-0.4, -0.2) is 30.1 Å². The van der Waals surface area contributed by atoms with Crippen molar-refractivity contribution < 1.29 is 19.4 Å². The van der Waals surface area contributed by atoms with Crippen molar-refractivity contribution in [2.75, 3.05) is 18.1 Å². The van der Waals surface area contributed by atoms with E-state index in [1.807, 2.05) is 6.92 Å². The maximum absolute atomic E-state index is 12.7. The summed E-state index contributed by atoms with van der Waals surface area (Å²) < 4.78 is 4.90. The van der Waals surface area contributed by atoms with Crippen LogP contribution in [0.25, 0.3) is 0 Å². The lowest BCUT2D eigenvalue weighted by Gasteiger charge is -2.37. The Balaban J connectivity index is 2.40. The number of rotatable bonds is 5. The van der Waals surface area contributed by atoms with Gasteiger partial charge in [0.15, 0.2) is 0 Å². The molecule has 2 unspecified atom stereocenters. The first-order valence-electron chi connectivity index (χ1n) is 7.44. The maximum Gasteiger partial charge on any atom is 0.306 e. The van der Waals surface area contributed by atoms with E-state index in [0.717, 1.165) is 6.42 Å². The van der Waals surface area contributed by atoms with E-state index in [1.54, 1.807) is 30.0 Å². The van der Waals surface area contributed by atoms with Gasteiger partial charge in [0, 0.05) is 17.1 Å². The predicted molar refractivity (Wildman–Crippen MR) is 83.8 cm³/mol. The zero-order valence-electron chi connectivity index (χ0n) is 12.7. The van der Waals surface area contributed by atoms with Gasteiger partial charge in [0.25, 0.3) is 0 Å². The molecule has 22 heavy (non-hydrogen) atoms. The molecule has 1 N–H and O–H groups in total. The fraction of sp³-hybridized carbons (Fsp3) is 0.500. The van der Waals surface area contributed by atoms with Crippen molar-refractivity contribution in [1.82, 2.24) is 0 Å². The molecule has 1 aliphatic heterocycles. The Kier molecular flexibility index (Phi) is 5.42. The largest absolute Gasteiger partial charge is 0.466 e. The van der Waals surface area contributed by atoms with Gasteiger partial charge >= 0.3 is 5.97 Å². The number of ether oxygens (including phenoxy) is 1. The first kappa shape index (κ1) is 16.8. The van der Waals surface area contributed by atoms with Crippen molar-refractivity contribution in [3.63, 3.8) is 0 Å². The molecule has 0 bridgehead atoms. The fourth-order valence-electron chi connectivity index (χ4n) is 2.76. The van der Waals surface area contributed by atoms with Gasteiger partial charge in [-0.25, -0.2) is 0 Å². The minimum absolute atomic E-state index is 0.154. The van der Waals surface area contributed by atoms with Crippen molar-refractivity contribution in [3.8, 4) is 0 Å². The predicted octanol–water partition coefficient (Wildman–Crippen LogP) is 2.70. The van der Waals surface area contributed by atoms with Gasteiger partial charge in [-0.2, -0.15) is 0 Å². The molecule has 0 aliphatic carbocycles. The molecule has 1 heterocycles. The second kappa shape index (κ2) is 7.11. The quantitative estimate of drug-likeness (QED) is 0.845. The van der Waals surface area contributed by atoms with E-state index in [4.69, 9.17) is 16.3 Å². The summed E-state index contributed by atoms with van der Waals surface area (Å²) in [4.78, 5) is 26.0. The van der Waals surface area contributed by atoms with E-state index in [-0.39, 0.29) is 18.9 Å². The number of hydrogen-bond donors (Lipinski definition) is 1. The zero-order chi connectivity index (χ0) is 16.3. The molecule has 0 saturated heterocycles. The number of aliphatic hydroxyl groups excluding tert-OH is 1. The fourth-order valence-corrected chi connectivity index (χ4v) is 3.04. The minimum Gasteiger partial charge on any atom is -0.466 e. The van der Waals surface area contributed by atoms with Gasteiger partial charge in [0.1, 0.15) is 0 Å². The summed E-state index contributed by atoms with van der Waals surface area (Å²) in [7, 11) is 0. The van der Waals surface area contributed by atoms with E-state index < -0.39 is 18.0 Å². The Labute approximate surface area is 134 Å². The molecule has 2 rings (SSSR count). The smallest absolute Gasteiger partial charge is 0.306 e. The Morgan fingerprint density at radius 3 is 2.77 bits per heavy atom. The normalized spacial score (nSPS) is 20.7. The summed E-state index contributed by atoms with van der Waals surface area (Å²) in [5, 5.41) is 10.9. The number of carbonyl (C=O) groups is 2. The third-order valence-corrected chi connectivity index (χ3v) is 4.05. The van der Waals surface area contributed by atoms with Crippen LogP contribution >= 0.6 is 11.6 Å². The maximum atomic E-state index is 12.7. The van der Waals surface area contributed by atoms with Gasteiger partial charge < -0.3 is 14.7 Å². The van der Waals surface area contributed by atoms with Crippen LogP contribution in [0.4, 0.5) is 5.69 Å². The molecule has 6 heteroatoms. The number of nitrogens with zero attached hydrogens (tertiary/aromatic N) is 1. The number of anilines is 1. The van der Waals surface area contributed by atoms with Gasteiger partial charge in [0.2, 0.25) is 5.91 Å². The molecule has 120 valence electrons. The van der Waals surface area contributed by atoms with Crippen LogP contribution in [0.2, 0.25) is 5.02 Å². The lowest BCUT2D eigenvalue weighted by molar-refractivity contribution is -0.148. The molecule has 1 aromatic carbocycles. The minimum atomic E-state index is -1.10. The number of amides is 1. The Bertz CT molecular complexity index is 575. The SMILES string of the molecule is CCCN1C(=O)C(CC(=O)OCC)C(O)c2c(Cl)cccc21. The number of carbonyl (C=O) groups excluding carboxylic acids is 2. The average molecular weight is 326 g/mol. The van der Waals surface area contributed by atoms with E-state index in [0.29, 0.717) is 22.8 Å². The first-order valence-corrected chi connectivity index (χ1v) is 7.82. The summed E-state index contributed by atoms with van der Waals surface area (Å²) in [5.74, 6) is -1.62. The molecule has 0 saturated carbocycles. The number of benzene rings is 1. The van der Waals surface area contributed by atoms with E-state index in [1.165, 1.54) is 0 Å². The average Bonchev–Trinajstić information content (AvgIpc) is 2.48. The third-order valence-electron chi connectivity index (χ3n) is 3.72. The molecule has 0 spiro atoms. The standard InChI is InChI=1S/C16H20ClNO4/c1-3-8-18-12-7-5-6-11(17)14(12)15(20)10(16(18)21)9-13(19)22-4-2/h5-7,10,15,20H,3-4,8-9H2,1-2H3. The number of esters is 1. The van der Waals surface area contributed by atoms with Crippen LogP contribution < -0.4 is 4.90 Å². The van der Waals surface area contributed by atoms with Crippen LogP contribution in [0.5, 0.6) is 0 Å². The van der Waals surface area contributed by atoms with Crippen LogP contribution in [-0.2, 0) is 14.3 Å². The molecule has 5 nitrogen and oxygen atoms in total. The van der Waals surface area contributed by atoms with Gasteiger partial charge in [-0.3, -0.25) is 9.59 Å². The lowest BCUT2D eigenvalue weighted by atomic mass is 9.86. The van der Waals surface area contributed by atoms with Gasteiger partial charge in [-0.15, -0.1) is 0 Å². The molecule has 0 fully saturated rings. The molecule has 0 aromatic heterocycles. The summed E-state index contributed by atoms with van der Waals surface area (Å²) in [6.07, 6.45) is -0.493. The number of fused-ring (bicyclic) bond motifs is 1. The van der Waals surface area contributed by atoms with Crippen molar-refractivity contribution in [1.29, 1.82) is 0 Å². The van der Waals surface area contributed by atoms with Gasteiger partial charge in [0.05, 0.1) is 30.7 Å². The van der Waals surface area contributed by atoms with Crippen LogP contribution in [0.3, 0.4) is 0 Å². The van der Waals surface area contributed by atoms with Crippen molar-refractivity contribution in [3.05, 3.63) is 28.8 Å². The molecule has 1 amide bonds. The number of halogens is 1. The molecular weight excluding hydrogens is 306 g/mol. The second-order valence-electron chi connectivity index (χ2n) is 5.22. The van der Waals surface area contributed by atoms with Gasteiger partial charge in [-0.1, -0.05) is 24.6 Å². The van der Waals surface area contributed by atoms with Crippen LogP contribution in [0, 0.1) is 5.92 Å². The van der Waals surface area contributed by atoms with Crippen LogP contribution in [0.1, 0.15) is 38.4 Å². The Hall–Kier alpha value is -1.59. The highest BCUT2D eigenvalue weighted by Crippen LogP contribution is 2.43. The van der Waals surface area contributed by atoms with Crippen molar-refractivity contribution in [2.45, 2.75) is 32.8 Å². The monoisotopic (exact) mass is 325 g/mol. The summed E-state index contributed by atoms with van der Waals surface area (Å²) in [6, 6.07) is 5.18. The Morgan fingerprint density at radius 1 is 1.41 bits per heavy atom. The van der Waals surface area contributed by atoms with E-state index in [2.05, 4.69) is 0 Å². The van der Waals surface area contributed by atoms with Crippen LogP contribution in [0.15, 0.2) is 18.2 Å². The second-order valence-corrected chi connectivity index (χ2v) is 5.63. The Morgan fingerprint density at radius 2 is 2.14 bits per heavy atom.